The topological polar surface area (TPSA) is 85.8 Å². The van der Waals surface area contributed by atoms with Crippen LogP contribution in [-0.4, -0.2) is 26.1 Å². The molecule has 2 heterocycles. The second-order valence-electron chi connectivity index (χ2n) is 5.37. The third-order valence-corrected chi connectivity index (χ3v) is 3.23. The highest BCUT2D eigenvalue weighted by molar-refractivity contribution is 5.77. The zero-order chi connectivity index (χ0) is 15.5. The number of amides is 1. The number of fused-ring (bicyclic) bond motifs is 1. The van der Waals surface area contributed by atoms with Crippen LogP contribution in [0.2, 0.25) is 0 Å². The number of hydrogen-bond acceptors (Lipinski definition) is 5. The molecule has 0 unspecified atom stereocenters. The van der Waals surface area contributed by atoms with Gasteiger partial charge in [0.2, 0.25) is 5.91 Å². The molecule has 2 aromatic heterocycles. The van der Waals surface area contributed by atoms with Gasteiger partial charge < -0.3 is 9.84 Å². The predicted octanol–water partition coefficient (Wildman–Crippen LogP) is 1.86. The number of aromatic nitrogens is 4. The van der Waals surface area contributed by atoms with Gasteiger partial charge in [-0.05, 0) is 12.1 Å². The summed E-state index contributed by atoms with van der Waals surface area (Å²) in [4.78, 5) is 13.3. The molecule has 1 aromatic carbocycles. The third kappa shape index (κ3) is 3.13. The van der Waals surface area contributed by atoms with Crippen LogP contribution in [0.4, 0.5) is 0 Å². The molecule has 0 fully saturated rings. The molecule has 7 nitrogen and oxygen atoms in total. The molecule has 1 amide bonds. The molecule has 0 atom stereocenters. The van der Waals surface area contributed by atoms with Gasteiger partial charge >= 0.3 is 0 Å². The molecular weight excluding hydrogens is 282 g/mol. The first kappa shape index (κ1) is 14.2. The van der Waals surface area contributed by atoms with Gasteiger partial charge in [-0.2, -0.15) is 15.0 Å². The number of nitrogens with zero attached hydrogens (tertiary/aromatic N) is 4. The van der Waals surface area contributed by atoms with Crippen molar-refractivity contribution in [2.45, 2.75) is 32.9 Å². The largest absolute Gasteiger partial charge is 0.361 e. The summed E-state index contributed by atoms with van der Waals surface area (Å²) in [5, 5.41) is 15.2. The van der Waals surface area contributed by atoms with Crippen LogP contribution in [-0.2, 0) is 17.9 Å². The fraction of sp³-hybridized carbons (Fsp3) is 0.333. The zero-order valence-electron chi connectivity index (χ0n) is 12.5. The summed E-state index contributed by atoms with van der Waals surface area (Å²) in [6.07, 6.45) is 0. The zero-order valence-corrected chi connectivity index (χ0v) is 12.5. The van der Waals surface area contributed by atoms with Gasteiger partial charge in [-0.1, -0.05) is 31.1 Å². The Balaban J connectivity index is 1.57. The average Bonchev–Trinajstić information content (AvgIpc) is 3.11. The van der Waals surface area contributed by atoms with Crippen molar-refractivity contribution in [3.63, 3.8) is 0 Å². The van der Waals surface area contributed by atoms with E-state index in [0.717, 1.165) is 16.8 Å². The molecule has 3 rings (SSSR count). The number of benzene rings is 1. The maximum atomic E-state index is 11.9. The van der Waals surface area contributed by atoms with E-state index in [1.165, 1.54) is 4.80 Å². The van der Waals surface area contributed by atoms with Crippen LogP contribution in [0.5, 0.6) is 0 Å². The van der Waals surface area contributed by atoms with E-state index in [1.807, 2.05) is 44.2 Å². The lowest BCUT2D eigenvalue weighted by molar-refractivity contribution is -0.122. The quantitative estimate of drug-likeness (QED) is 0.777. The average molecular weight is 299 g/mol. The van der Waals surface area contributed by atoms with E-state index in [9.17, 15) is 4.79 Å². The lowest BCUT2D eigenvalue weighted by Crippen LogP contribution is -2.28. The molecule has 0 saturated heterocycles. The number of hydrogen-bond donors (Lipinski definition) is 1. The van der Waals surface area contributed by atoms with E-state index in [-0.39, 0.29) is 18.4 Å². The molecule has 0 saturated carbocycles. The number of nitrogens with one attached hydrogen (secondary N) is 1. The molecule has 0 bridgehead atoms. The Bertz CT molecular complexity index is 757. The standard InChI is InChI=1S/C15H17N5O2/c1-10(2)14-7-11(19-22-14)8-16-15(21)9-20-17-12-5-3-4-6-13(12)18-20/h3-7,10H,8-9H2,1-2H3,(H,16,21). The molecule has 7 heteroatoms. The van der Waals surface area contributed by atoms with Gasteiger partial charge in [0.1, 0.15) is 29.0 Å². The van der Waals surface area contributed by atoms with Gasteiger partial charge in [0.05, 0.1) is 6.54 Å². The Morgan fingerprint density at radius 2 is 1.95 bits per heavy atom. The van der Waals surface area contributed by atoms with Gasteiger partial charge in [0.15, 0.2) is 0 Å². The Kier molecular flexibility index (Phi) is 3.86. The minimum atomic E-state index is -0.172. The maximum absolute atomic E-state index is 11.9. The maximum Gasteiger partial charge on any atom is 0.243 e. The van der Waals surface area contributed by atoms with Crippen molar-refractivity contribution in [3.05, 3.63) is 41.8 Å². The first-order valence-corrected chi connectivity index (χ1v) is 7.14. The van der Waals surface area contributed by atoms with E-state index in [0.29, 0.717) is 12.2 Å². The summed E-state index contributed by atoms with van der Waals surface area (Å²) in [6.45, 7) is 4.45. The van der Waals surface area contributed by atoms with Crippen LogP contribution in [0.1, 0.15) is 31.2 Å². The van der Waals surface area contributed by atoms with Crippen LogP contribution in [0.25, 0.3) is 11.0 Å². The second kappa shape index (κ2) is 5.97. The molecule has 0 aliphatic heterocycles. The minimum Gasteiger partial charge on any atom is -0.361 e. The molecule has 114 valence electrons. The molecule has 3 aromatic rings. The second-order valence-corrected chi connectivity index (χ2v) is 5.37. The highest BCUT2D eigenvalue weighted by Crippen LogP contribution is 2.14. The van der Waals surface area contributed by atoms with Gasteiger partial charge in [-0.3, -0.25) is 4.79 Å². The molecule has 1 N–H and O–H groups in total. The molecule has 0 aliphatic carbocycles. The molecule has 0 spiro atoms. The molecule has 22 heavy (non-hydrogen) atoms. The molecule has 0 radical (unpaired) electrons. The van der Waals surface area contributed by atoms with Crippen LogP contribution in [0, 0.1) is 0 Å². The van der Waals surface area contributed by atoms with Crippen LogP contribution < -0.4 is 5.32 Å². The third-order valence-electron chi connectivity index (χ3n) is 3.23. The molecule has 0 aliphatic rings. The van der Waals surface area contributed by atoms with Crippen molar-refractivity contribution >= 4 is 16.9 Å². The smallest absolute Gasteiger partial charge is 0.243 e. The van der Waals surface area contributed by atoms with Gasteiger partial charge in [0.25, 0.3) is 0 Å². The van der Waals surface area contributed by atoms with Gasteiger partial charge in [-0.25, -0.2) is 0 Å². The molecular formula is C15H17N5O2. The summed E-state index contributed by atoms with van der Waals surface area (Å²) in [6, 6.07) is 9.35. The van der Waals surface area contributed by atoms with E-state index in [2.05, 4.69) is 20.7 Å². The fourth-order valence-electron chi connectivity index (χ4n) is 2.03. The highest BCUT2D eigenvalue weighted by Gasteiger charge is 2.10. The van der Waals surface area contributed by atoms with Gasteiger partial charge in [0, 0.05) is 12.0 Å². The van der Waals surface area contributed by atoms with Crippen molar-refractivity contribution in [2.24, 2.45) is 0 Å². The van der Waals surface area contributed by atoms with Crippen molar-refractivity contribution in [1.82, 2.24) is 25.5 Å². The predicted molar refractivity (Wildman–Crippen MR) is 80.0 cm³/mol. The monoisotopic (exact) mass is 299 g/mol. The van der Waals surface area contributed by atoms with Crippen LogP contribution >= 0.6 is 0 Å². The van der Waals surface area contributed by atoms with Crippen molar-refractivity contribution in [1.29, 1.82) is 0 Å². The van der Waals surface area contributed by atoms with Gasteiger partial charge in [-0.15, -0.1) is 0 Å². The van der Waals surface area contributed by atoms with Crippen LogP contribution in [0.15, 0.2) is 34.9 Å². The first-order chi connectivity index (χ1) is 10.6. The Labute approximate surface area is 127 Å². The highest BCUT2D eigenvalue weighted by atomic mass is 16.5. The van der Waals surface area contributed by atoms with E-state index >= 15 is 0 Å². The fourth-order valence-corrected chi connectivity index (χ4v) is 2.03. The number of carbonyl (C=O) groups is 1. The number of rotatable bonds is 5. The Morgan fingerprint density at radius 1 is 1.27 bits per heavy atom. The lowest BCUT2D eigenvalue weighted by atomic mass is 10.1. The van der Waals surface area contributed by atoms with Crippen molar-refractivity contribution < 1.29 is 9.32 Å². The summed E-state index contributed by atoms with van der Waals surface area (Å²) in [7, 11) is 0. The van der Waals surface area contributed by atoms with E-state index in [4.69, 9.17) is 4.52 Å². The summed E-state index contributed by atoms with van der Waals surface area (Å²) < 4.78 is 5.19. The van der Waals surface area contributed by atoms with Crippen molar-refractivity contribution in [2.75, 3.05) is 0 Å². The van der Waals surface area contributed by atoms with Crippen LogP contribution in [0.3, 0.4) is 0 Å². The Morgan fingerprint density at radius 3 is 2.55 bits per heavy atom. The lowest BCUT2D eigenvalue weighted by Gasteiger charge is -2.01. The summed E-state index contributed by atoms with van der Waals surface area (Å²) >= 11 is 0. The Hall–Kier alpha value is -2.70. The summed E-state index contributed by atoms with van der Waals surface area (Å²) in [5.41, 5.74) is 2.25. The normalized spacial score (nSPS) is 11.2. The number of carbonyl (C=O) groups excluding carboxylic acids is 1. The summed E-state index contributed by atoms with van der Waals surface area (Å²) in [5.74, 6) is 0.913. The first-order valence-electron chi connectivity index (χ1n) is 7.14. The SMILES string of the molecule is CC(C)c1cc(CNC(=O)Cn2nc3ccccc3n2)no1. The minimum absolute atomic E-state index is 0.0730. The van der Waals surface area contributed by atoms with Crippen molar-refractivity contribution in [3.8, 4) is 0 Å². The van der Waals surface area contributed by atoms with E-state index < -0.39 is 0 Å². The van der Waals surface area contributed by atoms with E-state index in [1.54, 1.807) is 0 Å².